The zero-order valence-corrected chi connectivity index (χ0v) is 11.8. The first-order chi connectivity index (χ1) is 8.25. The Balaban J connectivity index is 1.73. The first-order valence-electron chi connectivity index (χ1n) is 6.16. The Morgan fingerprint density at radius 1 is 1.41 bits per heavy atom. The van der Waals surface area contributed by atoms with Gasteiger partial charge in [-0.15, -0.1) is 0 Å². The zero-order valence-electron chi connectivity index (χ0n) is 10.2. The summed E-state index contributed by atoms with van der Waals surface area (Å²) in [6.45, 7) is 4.41. The van der Waals surface area contributed by atoms with E-state index >= 15 is 0 Å². The Kier molecular flexibility index (Phi) is 4.83. The standard InChI is InChI=1S/C13H20BrN3/c1-17-9-8-15-10-13(17)6-7-16-12-4-2-11(14)3-5-12/h2-5,13,15-16H,6-10H2,1H3. The molecular formula is C13H20BrN3. The second kappa shape index (κ2) is 6.38. The van der Waals surface area contributed by atoms with E-state index in [1.54, 1.807) is 0 Å². The lowest BCUT2D eigenvalue weighted by molar-refractivity contribution is 0.194. The van der Waals surface area contributed by atoms with Crippen molar-refractivity contribution < 1.29 is 0 Å². The highest BCUT2D eigenvalue weighted by Crippen LogP contribution is 2.14. The number of anilines is 1. The van der Waals surface area contributed by atoms with Crippen LogP contribution in [0.4, 0.5) is 5.69 Å². The first kappa shape index (κ1) is 12.9. The van der Waals surface area contributed by atoms with Crippen LogP contribution in [-0.4, -0.2) is 44.2 Å². The van der Waals surface area contributed by atoms with Crippen molar-refractivity contribution in [3.63, 3.8) is 0 Å². The van der Waals surface area contributed by atoms with E-state index in [4.69, 9.17) is 0 Å². The van der Waals surface area contributed by atoms with E-state index in [2.05, 4.69) is 62.8 Å². The van der Waals surface area contributed by atoms with Crippen LogP contribution in [0.5, 0.6) is 0 Å². The molecule has 2 N–H and O–H groups in total. The van der Waals surface area contributed by atoms with Crippen molar-refractivity contribution in [2.45, 2.75) is 12.5 Å². The maximum absolute atomic E-state index is 3.46. The summed E-state index contributed by atoms with van der Waals surface area (Å²) in [7, 11) is 2.21. The highest BCUT2D eigenvalue weighted by atomic mass is 79.9. The van der Waals surface area contributed by atoms with Crippen molar-refractivity contribution in [2.75, 3.05) is 38.5 Å². The van der Waals surface area contributed by atoms with Gasteiger partial charge in [0.15, 0.2) is 0 Å². The summed E-state index contributed by atoms with van der Waals surface area (Å²) in [5.41, 5.74) is 1.19. The van der Waals surface area contributed by atoms with E-state index in [-0.39, 0.29) is 0 Å². The Bertz CT molecular complexity index is 339. The highest BCUT2D eigenvalue weighted by molar-refractivity contribution is 9.10. The van der Waals surface area contributed by atoms with E-state index in [9.17, 15) is 0 Å². The van der Waals surface area contributed by atoms with Crippen LogP contribution in [-0.2, 0) is 0 Å². The molecule has 0 saturated carbocycles. The van der Waals surface area contributed by atoms with E-state index in [0.717, 1.165) is 30.7 Å². The predicted molar refractivity (Wildman–Crippen MR) is 76.5 cm³/mol. The average molecular weight is 298 g/mol. The number of piperazine rings is 1. The summed E-state index contributed by atoms with van der Waals surface area (Å²) < 4.78 is 1.12. The number of rotatable bonds is 4. The SMILES string of the molecule is CN1CCNCC1CCNc1ccc(Br)cc1. The normalized spacial score (nSPS) is 21.4. The zero-order chi connectivity index (χ0) is 12.1. The van der Waals surface area contributed by atoms with Crippen LogP contribution in [0.25, 0.3) is 0 Å². The summed E-state index contributed by atoms with van der Waals surface area (Å²) in [6, 6.07) is 9.00. The van der Waals surface area contributed by atoms with Crippen LogP contribution in [0.15, 0.2) is 28.7 Å². The molecule has 1 aliphatic rings. The fourth-order valence-electron chi connectivity index (χ4n) is 2.14. The maximum atomic E-state index is 3.46. The Labute approximate surface area is 112 Å². The largest absolute Gasteiger partial charge is 0.385 e. The van der Waals surface area contributed by atoms with Crippen LogP contribution in [0, 0.1) is 0 Å². The van der Waals surface area contributed by atoms with Gasteiger partial charge in [0, 0.05) is 42.4 Å². The molecule has 17 heavy (non-hydrogen) atoms. The third kappa shape index (κ3) is 3.98. The molecule has 3 nitrogen and oxygen atoms in total. The topological polar surface area (TPSA) is 27.3 Å². The van der Waals surface area contributed by atoms with Gasteiger partial charge in [-0.2, -0.15) is 0 Å². The minimum Gasteiger partial charge on any atom is -0.385 e. The number of hydrogen-bond donors (Lipinski definition) is 2. The molecule has 0 aliphatic carbocycles. The van der Waals surface area contributed by atoms with Crippen LogP contribution < -0.4 is 10.6 Å². The van der Waals surface area contributed by atoms with Gasteiger partial charge in [0.05, 0.1) is 0 Å². The summed E-state index contributed by atoms with van der Waals surface area (Å²) >= 11 is 3.44. The fourth-order valence-corrected chi connectivity index (χ4v) is 2.40. The quantitative estimate of drug-likeness (QED) is 0.892. The second-order valence-electron chi connectivity index (χ2n) is 4.56. The van der Waals surface area contributed by atoms with E-state index < -0.39 is 0 Å². The van der Waals surface area contributed by atoms with Gasteiger partial charge in [0.2, 0.25) is 0 Å². The lowest BCUT2D eigenvalue weighted by Gasteiger charge is -2.33. The van der Waals surface area contributed by atoms with Gasteiger partial charge in [-0.1, -0.05) is 15.9 Å². The Morgan fingerprint density at radius 2 is 2.18 bits per heavy atom. The molecule has 1 aliphatic heterocycles. The molecule has 0 spiro atoms. The molecule has 1 saturated heterocycles. The second-order valence-corrected chi connectivity index (χ2v) is 5.48. The summed E-state index contributed by atoms with van der Waals surface area (Å²) in [5.74, 6) is 0. The molecule has 0 bridgehead atoms. The molecule has 1 fully saturated rings. The van der Waals surface area contributed by atoms with Crippen molar-refractivity contribution in [1.29, 1.82) is 0 Å². The molecule has 0 aromatic heterocycles. The van der Waals surface area contributed by atoms with Gasteiger partial charge in [-0.05, 0) is 37.7 Å². The van der Waals surface area contributed by atoms with Gasteiger partial charge in [-0.3, -0.25) is 0 Å². The van der Waals surface area contributed by atoms with Gasteiger partial charge in [0.25, 0.3) is 0 Å². The van der Waals surface area contributed by atoms with Crippen molar-refractivity contribution in [3.05, 3.63) is 28.7 Å². The summed E-state index contributed by atoms with van der Waals surface area (Å²) in [6.07, 6.45) is 1.18. The Hall–Kier alpha value is -0.580. The number of halogens is 1. The van der Waals surface area contributed by atoms with E-state index in [0.29, 0.717) is 6.04 Å². The molecule has 1 atom stereocenters. The first-order valence-corrected chi connectivity index (χ1v) is 6.95. The highest BCUT2D eigenvalue weighted by Gasteiger charge is 2.17. The van der Waals surface area contributed by atoms with Gasteiger partial charge in [-0.25, -0.2) is 0 Å². The number of benzene rings is 1. The van der Waals surface area contributed by atoms with Crippen LogP contribution >= 0.6 is 15.9 Å². The smallest absolute Gasteiger partial charge is 0.0340 e. The maximum Gasteiger partial charge on any atom is 0.0340 e. The van der Waals surface area contributed by atoms with E-state index in [1.807, 2.05) is 0 Å². The molecule has 1 aromatic rings. The molecule has 1 heterocycles. The van der Waals surface area contributed by atoms with Gasteiger partial charge < -0.3 is 15.5 Å². The number of likely N-dealkylation sites (N-methyl/N-ethyl adjacent to an activating group) is 1. The van der Waals surface area contributed by atoms with Crippen LogP contribution in [0.3, 0.4) is 0 Å². The van der Waals surface area contributed by atoms with Crippen LogP contribution in [0.2, 0.25) is 0 Å². The summed E-state index contributed by atoms with van der Waals surface area (Å²) in [4.78, 5) is 2.44. The molecule has 1 aromatic carbocycles. The van der Waals surface area contributed by atoms with Crippen molar-refractivity contribution in [1.82, 2.24) is 10.2 Å². The third-order valence-corrected chi connectivity index (χ3v) is 3.82. The molecule has 4 heteroatoms. The van der Waals surface area contributed by atoms with Crippen molar-refractivity contribution in [2.24, 2.45) is 0 Å². The number of hydrogen-bond acceptors (Lipinski definition) is 3. The molecule has 2 rings (SSSR count). The van der Waals surface area contributed by atoms with Crippen LogP contribution in [0.1, 0.15) is 6.42 Å². The monoisotopic (exact) mass is 297 g/mol. The van der Waals surface area contributed by atoms with Gasteiger partial charge in [0.1, 0.15) is 0 Å². The number of nitrogens with one attached hydrogen (secondary N) is 2. The Morgan fingerprint density at radius 3 is 2.88 bits per heavy atom. The minimum absolute atomic E-state index is 0.659. The molecule has 94 valence electrons. The lowest BCUT2D eigenvalue weighted by atomic mass is 10.1. The van der Waals surface area contributed by atoms with Crippen molar-refractivity contribution >= 4 is 21.6 Å². The fraction of sp³-hybridized carbons (Fsp3) is 0.538. The minimum atomic E-state index is 0.659. The summed E-state index contributed by atoms with van der Waals surface area (Å²) in [5, 5.41) is 6.91. The van der Waals surface area contributed by atoms with E-state index in [1.165, 1.54) is 12.1 Å². The molecular weight excluding hydrogens is 278 g/mol. The molecule has 1 unspecified atom stereocenters. The molecule has 0 amide bonds. The third-order valence-electron chi connectivity index (χ3n) is 3.30. The van der Waals surface area contributed by atoms with Gasteiger partial charge >= 0.3 is 0 Å². The average Bonchev–Trinajstić information content (AvgIpc) is 2.34. The molecule has 0 radical (unpaired) electrons. The lowest BCUT2D eigenvalue weighted by Crippen LogP contribution is -2.49. The number of nitrogens with zero attached hydrogens (tertiary/aromatic N) is 1. The predicted octanol–water partition coefficient (Wildman–Crippen LogP) is 2.15. The van der Waals surface area contributed by atoms with Crippen molar-refractivity contribution in [3.8, 4) is 0 Å².